The summed E-state index contributed by atoms with van der Waals surface area (Å²) >= 11 is 0. The molecule has 2 rings (SSSR count). The zero-order valence-electron chi connectivity index (χ0n) is 11.3. The molecule has 2 heterocycles. The minimum absolute atomic E-state index is 0.0850. The number of likely N-dealkylation sites (tertiary alicyclic amines) is 1. The van der Waals surface area contributed by atoms with Gasteiger partial charge in [0.2, 0.25) is 12.1 Å². The summed E-state index contributed by atoms with van der Waals surface area (Å²) in [7, 11) is 0. The van der Waals surface area contributed by atoms with Gasteiger partial charge in [0.1, 0.15) is 0 Å². The predicted molar refractivity (Wildman–Crippen MR) is 68.8 cm³/mol. The Hall–Kier alpha value is -1.92. The van der Waals surface area contributed by atoms with Crippen LogP contribution in [0.5, 0.6) is 0 Å². The van der Waals surface area contributed by atoms with Crippen LogP contribution in [0.2, 0.25) is 0 Å². The number of carbonyl (C=O) groups is 2. The number of aromatic nitrogens is 2. The number of halogens is 1. The number of nitrogens with zero attached hydrogens (tertiary/aromatic N) is 3. The number of rotatable bonds is 5. The highest BCUT2D eigenvalue weighted by Gasteiger charge is 2.35. The second kappa shape index (κ2) is 6.02. The van der Waals surface area contributed by atoms with Crippen molar-refractivity contribution in [2.45, 2.75) is 32.5 Å². The summed E-state index contributed by atoms with van der Waals surface area (Å²) < 4.78 is 15.1. The van der Waals surface area contributed by atoms with E-state index in [1.807, 2.05) is 13.1 Å². The van der Waals surface area contributed by atoms with Crippen molar-refractivity contribution in [3.8, 4) is 0 Å². The number of aryl methyl sites for hydroxylation is 2. The zero-order chi connectivity index (χ0) is 14.7. The van der Waals surface area contributed by atoms with Gasteiger partial charge in [0.25, 0.3) is 0 Å². The first-order chi connectivity index (χ1) is 9.47. The number of carboxylic acid groups (broad SMARTS) is 1. The van der Waals surface area contributed by atoms with Crippen LogP contribution in [0.3, 0.4) is 0 Å². The molecule has 2 unspecified atom stereocenters. The minimum atomic E-state index is -1.89. The van der Waals surface area contributed by atoms with Crippen LogP contribution in [-0.2, 0) is 16.1 Å². The maximum atomic E-state index is 13.4. The molecule has 0 aliphatic carbocycles. The number of aliphatic carboxylic acids is 1. The van der Waals surface area contributed by atoms with Gasteiger partial charge in [-0.1, -0.05) is 0 Å². The van der Waals surface area contributed by atoms with E-state index in [2.05, 4.69) is 5.10 Å². The van der Waals surface area contributed by atoms with Gasteiger partial charge in [0.15, 0.2) is 0 Å². The second-order valence-electron chi connectivity index (χ2n) is 5.16. The lowest BCUT2D eigenvalue weighted by atomic mass is 10.0. The van der Waals surface area contributed by atoms with E-state index in [-0.39, 0.29) is 18.9 Å². The molecule has 0 radical (unpaired) electrons. The Morgan fingerprint density at radius 2 is 2.35 bits per heavy atom. The van der Waals surface area contributed by atoms with Crippen LogP contribution in [-0.4, -0.2) is 50.9 Å². The molecule has 1 aliphatic heterocycles. The van der Waals surface area contributed by atoms with Crippen molar-refractivity contribution in [1.82, 2.24) is 14.7 Å². The number of alkyl halides is 1. The molecule has 0 spiro atoms. The van der Waals surface area contributed by atoms with Crippen LogP contribution in [0.25, 0.3) is 0 Å². The van der Waals surface area contributed by atoms with Crippen molar-refractivity contribution in [2.24, 2.45) is 5.92 Å². The zero-order valence-corrected chi connectivity index (χ0v) is 11.3. The number of amides is 1. The Morgan fingerprint density at radius 3 is 2.95 bits per heavy atom. The normalized spacial score (nSPS) is 20.1. The predicted octanol–water partition coefficient (Wildman–Crippen LogP) is 0.853. The van der Waals surface area contributed by atoms with Gasteiger partial charge >= 0.3 is 5.97 Å². The minimum Gasteiger partial charge on any atom is -0.479 e. The molecule has 1 aromatic heterocycles. The second-order valence-corrected chi connectivity index (χ2v) is 5.16. The molecular formula is C13H18FN3O3. The Morgan fingerprint density at radius 1 is 1.60 bits per heavy atom. The molecule has 6 nitrogen and oxygen atoms in total. The standard InChI is InChI=1S/C13H18FN3O3/c1-9-6-15-17(7-9)5-3-11(18)16-4-2-10(8-16)12(14)13(19)20/h6-7,10,12H,2-5,8H2,1H3,(H,19,20). The molecule has 1 aromatic rings. The fourth-order valence-electron chi connectivity index (χ4n) is 2.41. The van der Waals surface area contributed by atoms with Gasteiger partial charge in [0.05, 0.1) is 6.20 Å². The molecule has 1 aliphatic rings. The lowest BCUT2D eigenvalue weighted by Gasteiger charge is -2.17. The van der Waals surface area contributed by atoms with Crippen LogP contribution < -0.4 is 0 Å². The Bertz CT molecular complexity index is 503. The van der Waals surface area contributed by atoms with Crippen molar-refractivity contribution < 1.29 is 19.1 Å². The van der Waals surface area contributed by atoms with Crippen molar-refractivity contribution in [3.05, 3.63) is 18.0 Å². The van der Waals surface area contributed by atoms with E-state index in [1.54, 1.807) is 10.9 Å². The lowest BCUT2D eigenvalue weighted by Crippen LogP contribution is -2.32. The first-order valence-electron chi connectivity index (χ1n) is 6.61. The Balaban J connectivity index is 1.81. The van der Waals surface area contributed by atoms with Crippen molar-refractivity contribution in [3.63, 3.8) is 0 Å². The number of hydrogen-bond donors (Lipinski definition) is 1. The average molecular weight is 283 g/mol. The van der Waals surface area contributed by atoms with Gasteiger partial charge in [-0.05, 0) is 18.9 Å². The topological polar surface area (TPSA) is 75.4 Å². The molecule has 0 aromatic carbocycles. The SMILES string of the molecule is Cc1cnn(CCC(=O)N2CCC(C(F)C(=O)O)C2)c1. The summed E-state index contributed by atoms with van der Waals surface area (Å²) in [5.41, 5.74) is 1.03. The van der Waals surface area contributed by atoms with Crippen LogP contribution in [0.4, 0.5) is 4.39 Å². The van der Waals surface area contributed by atoms with Crippen molar-refractivity contribution in [2.75, 3.05) is 13.1 Å². The molecule has 7 heteroatoms. The summed E-state index contributed by atoms with van der Waals surface area (Å²) in [6.07, 6.45) is 2.37. The lowest BCUT2D eigenvalue weighted by molar-refractivity contribution is -0.145. The molecular weight excluding hydrogens is 265 g/mol. The molecule has 1 fully saturated rings. The molecule has 110 valence electrons. The third-order valence-corrected chi connectivity index (χ3v) is 3.54. The van der Waals surface area contributed by atoms with Crippen molar-refractivity contribution >= 4 is 11.9 Å². The number of carboxylic acids is 1. The number of hydrogen-bond acceptors (Lipinski definition) is 3. The summed E-state index contributed by atoms with van der Waals surface area (Å²) in [6, 6.07) is 0. The largest absolute Gasteiger partial charge is 0.479 e. The molecule has 0 saturated carbocycles. The van der Waals surface area contributed by atoms with Gasteiger partial charge in [-0.3, -0.25) is 9.48 Å². The van der Waals surface area contributed by atoms with E-state index >= 15 is 0 Å². The van der Waals surface area contributed by atoms with E-state index in [1.165, 1.54) is 4.90 Å². The summed E-state index contributed by atoms with van der Waals surface area (Å²) in [6.45, 7) is 3.01. The average Bonchev–Trinajstić information content (AvgIpc) is 3.03. The summed E-state index contributed by atoms with van der Waals surface area (Å²) in [5, 5.41) is 12.7. The maximum absolute atomic E-state index is 13.4. The van der Waals surface area contributed by atoms with Gasteiger partial charge in [0, 0.05) is 38.2 Å². The molecule has 20 heavy (non-hydrogen) atoms. The van der Waals surface area contributed by atoms with Crippen molar-refractivity contribution in [1.29, 1.82) is 0 Å². The molecule has 0 bridgehead atoms. The van der Waals surface area contributed by atoms with Gasteiger partial charge in [-0.2, -0.15) is 5.10 Å². The molecule has 1 saturated heterocycles. The third kappa shape index (κ3) is 3.34. The fourth-order valence-corrected chi connectivity index (χ4v) is 2.41. The van der Waals surface area contributed by atoms with E-state index in [9.17, 15) is 14.0 Å². The van der Waals surface area contributed by atoms with E-state index < -0.39 is 18.1 Å². The summed E-state index contributed by atoms with van der Waals surface area (Å²) in [4.78, 5) is 24.1. The highest BCUT2D eigenvalue weighted by molar-refractivity contribution is 5.77. The third-order valence-electron chi connectivity index (χ3n) is 3.54. The van der Waals surface area contributed by atoms with Crippen LogP contribution >= 0.6 is 0 Å². The van der Waals surface area contributed by atoms with E-state index in [0.29, 0.717) is 19.5 Å². The Kier molecular flexibility index (Phi) is 4.36. The fraction of sp³-hybridized carbons (Fsp3) is 0.615. The smallest absolute Gasteiger partial charge is 0.338 e. The van der Waals surface area contributed by atoms with Gasteiger partial charge in [-0.15, -0.1) is 0 Å². The van der Waals surface area contributed by atoms with Crippen LogP contribution in [0.15, 0.2) is 12.4 Å². The first kappa shape index (κ1) is 14.5. The number of carbonyl (C=O) groups excluding carboxylic acids is 1. The van der Waals surface area contributed by atoms with Gasteiger partial charge in [-0.25, -0.2) is 9.18 Å². The quantitative estimate of drug-likeness (QED) is 0.869. The maximum Gasteiger partial charge on any atom is 0.338 e. The van der Waals surface area contributed by atoms with Gasteiger partial charge < -0.3 is 10.0 Å². The highest BCUT2D eigenvalue weighted by Crippen LogP contribution is 2.22. The highest BCUT2D eigenvalue weighted by atomic mass is 19.1. The Labute approximate surface area is 116 Å². The molecule has 1 amide bonds. The van der Waals surface area contributed by atoms with E-state index in [4.69, 9.17) is 5.11 Å². The molecule has 2 atom stereocenters. The first-order valence-corrected chi connectivity index (χ1v) is 6.61. The van der Waals surface area contributed by atoms with Crippen LogP contribution in [0, 0.1) is 12.8 Å². The van der Waals surface area contributed by atoms with E-state index in [0.717, 1.165) is 5.56 Å². The summed E-state index contributed by atoms with van der Waals surface area (Å²) in [5.74, 6) is -2.13. The monoisotopic (exact) mass is 283 g/mol. The molecule has 1 N–H and O–H groups in total. The van der Waals surface area contributed by atoms with Crippen LogP contribution in [0.1, 0.15) is 18.4 Å².